The molecular weight excluding hydrogens is 346 g/mol. The summed E-state index contributed by atoms with van der Waals surface area (Å²) in [6, 6.07) is 0. The zero-order valence-electron chi connectivity index (χ0n) is 13.2. The van der Waals surface area contributed by atoms with Gasteiger partial charge in [0.15, 0.2) is 0 Å². The Balaban J connectivity index is 1.44. The first-order chi connectivity index (χ1) is 11.1. The van der Waals surface area contributed by atoms with Crippen LogP contribution >= 0.6 is 0 Å². The summed E-state index contributed by atoms with van der Waals surface area (Å²) in [5, 5.41) is -4.36. The second kappa shape index (κ2) is 6.17. The molecule has 0 amide bonds. The molecule has 4 bridgehead atoms. The monoisotopic (exact) mass is 368 g/mol. The number of ether oxygens (including phenoxy) is 2. The number of carbonyl (C=O) groups excluding carboxylic acids is 1. The summed E-state index contributed by atoms with van der Waals surface area (Å²) >= 11 is 0. The van der Waals surface area contributed by atoms with Crippen molar-refractivity contribution in [3.8, 4) is 0 Å². The van der Waals surface area contributed by atoms with Crippen molar-refractivity contribution >= 4 is 16.1 Å². The van der Waals surface area contributed by atoms with Crippen LogP contribution in [0.1, 0.15) is 38.5 Å². The average Bonchev–Trinajstić information content (AvgIpc) is 2.43. The van der Waals surface area contributed by atoms with Crippen molar-refractivity contribution in [2.75, 3.05) is 19.8 Å². The summed E-state index contributed by atoms with van der Waals surface area (Å²) in [4.78, 5) is 12.5. The van der Waals surface area contributed by atoms with Crippen molar-refractivity contribution in [3.05, 3.63) is 0 Å². The smallest absolute Gasteiger partial charge is 0.392 e. The van der Waals surface area contributed by atoms with Crippen molar-refractivity contribution in [2.24, 2.45) is 23.2 Å². The molecule has 4 fully saturated rings. The normalized spacial score (nSPS) is 35.2. The van der Waals surface area contributed by atoms with E-state index in [2.05, 4.69) is 4.74 Å². The average molecular weight is 368 g/mol. The molecule has 4 aliphatic rings. The van der Waals surface area contributed by atoms with Crippen molar-refractivity contribution < 1.29 is 36.0 Å². The number of carbonyl (C=O) groups is 1. The molecule has 0 spiro atoms. The van der Waals surface area contributed by atoms with E-state index in [1.807, 2.05) is 0 Å². The number of esters is 1. The summed E-state index contributed by atoms with van der Waals surface area (Å²) in [5.41, 5.74) is -0.423. The molecule has 0 aromatic carbocycles. The summed E-state index contributed by atoms with van der Waals surface area (Å²) in [5.74, 6) is 1.49. The summed E-state index contributed by atoms with van der Waals surface area (Å²) < 4.78 is 64.8. The molecule has 9 heteroatoms. The summed E-state index contributed by atoms with van der Waals surface area (Å²) in [6.45, 7) is -2.02. The van der Waals surface area contributed by atoms with E-state index in [1.165, 1.54) is 19.3 Å². The van der Waals surface area contributed by atoms with Crippen LogP contribution in [0.3, 0.4) is 0 Å². The molecule has 138 valence electrons. The maximum absolute atomic E-state index is 13.0. The molecule has 24 heavy (non-hydrogen) atoms. The lowest BCUT2D eigenvalue weighted by Crippen LogP contribution is -2.50. The fraction of sp³-hybridized carbons (Fsp3) is 0.933. The third kappa shape index (κ3) is 3.43. The van der Waals surface area contributed by atoms with E-state index in [0.717, 1.165) is 19.3 Å². The van der Waals surface area contributed by atoms with Crippen LogP contribution in [-0.2, 0) is 24.4 Å². The van der Waals surface area contributed by atoms with Gasteiger partial charge in [0.05, 0.1) is 12.0 Å². The first kappa shape index (κ1) is 18.0. The van der Waals surface area contributed by atoms with Gasteiger partial charge in [-0.15, -0.1) is 0 Å². The second-order valence-corrected chi connectivity index (χ2v) is 9.05. The van der Waals surface area contributed by atoms with Crippen LogP contribution in [0.25, 0.3) is 0 Å². The molecule has 0 aromatic heterocycles. The predicted octanol–water partition coefficient (Wildman–Crippen LogP) is 2.24. The zero-order valence-corrected chi connectivity index (χ0v) is 14.1. The molecule has 0 atom stereocenters. The molecule has 1 N–H and O–H groups in total. The number of alkyl halides is 2. The molecule has 0 saturated heterocycles. The Morgan fingerprint density at radius 2 is 1.58 bits per heavy atom. The minimum Gasteiger partial charge on any atom is -0.463 e. The lowest BCUT2D eigenvalue weighted by Gasteiger charge is -2.55. The van der Waals surface area contributed by atoms with Crippen molar-refractivity contribution in [2.45, 2.75) is 43.8 Å². The van der Waals surface area contributed by atoms with Crippen LogP contribution in [0, 0.1) is 23.2 Å². The van der Waals surface area contributed by atoms with Gasteiger partial charge in [-0.3, -0.25) is 9.35 Å². The first-order valence-electron chi connectivity index (χ1n) is 8.21. The molecule has 0 radical (unpaired) electrons. The second-order valence-electron chi connectivity index (χ2n) is 7.50. The van der Waals surface area contributed by atoms with Gasteiger partial charge in [-0.2, -0.15) is 17.2 Å². The molecule has 0 aromatic rings. The van der Waals surface area contributed by atoms with E-state index in [-0.39, 0.29) is 19.2 Å². The van der Waals surface area contributed by atoms with E-state index in [1.54, 1.807) is 0 Å². The largest absolute Gasteiger partial charge is 0.463 e. The fourth-order valence-electron chi connectivity index (χ4n) is 4.97. The van der Waals surface area contributed by atoms with Crippen LogP contribution < -0.4 is 0 Å². The summed E-state index contributed by atoms with van der Waals surface area (Å²) in [6.07, 6.45) is 6.12. The maximum Gasteiger partial charge on any atom is 0.392 e. The molecule has 0 unspecified atom stereocenters. The Kier molecular flexibility index (Phi) is 4.63. The number of hydrogen-bond donors (Lipinski definition) is 1. The SMILES string of the molecule is O=C(OCCOCC(F)(F)S(=O)(=O)O)C12CC3CC(CC(C3)C1)C2. The number of halogens is 2. The molecule has 4 rings (SSSR count). The van der Waals surface area contributed by atoms with E-state index >= 15 is 0 Å². The van der Waals surface area contributed by atoms with Gasteiger partial charge in [0.1, 0.15) is 13.2 Å². The maximum atomic E-state index is 13.0. The third-order valence-electron chi connectivity index (χ3n) is 5.58. The van der Waals surface area contributed by atoms with Gasteiger partial charge < -0.3 is 9.47 Å². The highest BCUT2D eigenvalue weighted by Gasteiger charge is 2.55. The molecule has 4 saturated carbocycles. The van der Waals surface area contributed by atoms with E-state index in [9.17, 15) is 22.0 Å². The Bertz CT molecular complexity index is 568. The first-order valence-corrected chi connectivity index (χ1v) is 9.65. The molecule has 6 nitrogen and oxygen atoms in total. The molecule has 0 aliphatic heterocycles. The van der Waals surface area contributed by atoms with Gasteiger partial charge >= 0.3 is 21.3 Å². The highest BCUT2D eigenvalue weighted by molar-refractivity contribution is 7.86. The topological polar surface area (TPSA) is 89.9 Å². The minimum absolute atomic E-state index is 0.206. The molecular formula is C15H22F2O6S. The van der Waals surface area contributed by atoms with Gasteiger partial charge in [-0.1, -0.05) is 0 Å². The van der Waals surface area contributed by atoms with Crippen molar-refractivity contribution in [1.29, 1.82) is 0 Å². The van der Waals surface area contributed by atoms with Gasteiger partial charge in [0, 0.05) is 0 Å². The Morgan fingerprint density at radius 3 is 2.04 bits per heavy atom. The predicted molar refractivity (Wildman–Crippen MR) is 78.9 cm³/mol. The lowest BCUT2D eigenvalue weighted by molar-refractivity contribution is -0.173. The lowest BCUT2D eigenvalue weighted by atomic mass is 9.49. The highest BCUT2D eigenvalue weighted by Crippen LogP contribution is 2.60. The zero-order chi connectivity index (χ0) is 17.6. The standard InChI is InChI=1S/C15H22F2O6S/c16-15(17,24(19,20)21)9-22-1-2-23-13(18)14-6-10-3-11(7-14)5-12(4-10)8-14/h10-12H,1-9H2,(H,19,20,21). The molecule has 4 aliphatic carbocycles. The van der Waals surface area contributed by atoms with Crippen LogP contribution in [0.5, 0.6) is 0 Å². The Morgan fingerprint density at radius 1 is 1.08 bits per heavy atom. The van der Waals surface area contributed by atoms with Crippen LogP contribution in [-0.4, -0.2) is 44.0 Å². The number of rotatable bonds is 7. The third-order valence-corrected chi connectivity index (χ3v) is 6.45. The highest BCUT2D eigenvalue weighted by atomic mass is 32.2. The minimum atomic E-state index is -5.50. The van der Waals surface area contributed by atoms with Crippen LogP contribution in [0.4, 0.5) is 8.78 Å². The van der Waals surface area contributed by atoms with E-state index in [0.29, 0.717) is 17.8 Å². The van der Waals surface area contributed by atoms with Crippen molar-refractivity contribution in [1.82, 2.24) is 0 Å². The molecule has 0 heterocycles. The van der Waals surface area contributed by atoms with E-state index < -0.39 is 27.4 Å². The van der Waals surface area contributed by atoms with Gasteiger partial charge in [0.2, 0.25) is 0 Å². The van der Waals surface area contributed by atoms with Gasteiger partial charge in [-0.25, -0.2) is 0 Å². The quantitative estimate of drug-likeness (QED) is 0.421. The van der Waals surface area contributed by atoms with Crippen molar-refractivity contribution in [3.63, 3.8) is 0 Å². The van der Waals surface area contributed by atoms with Crippen LogP contribution in [0.15, 0.2) is 0 Å². The number of hydrogen-bond acceptors (Lipinski definition) is 5. The van der Waals surface area contributed by atoms with Gasteiger partial charge in [0.25, 0.3) is 0 Å². The Labute approximate surface area is 139 Å². The fourth-order valence-corrected chi connectivity index (χ4v) is 5.20. The van der Waals surface area contributed by atoms with Crippen LogP contribution in [0.2, 0.25) is 0 Å². The Hall–Kier alpha value is -0.800. The van der Waals surface area contributed by atoms with E-state index in [4.69, 9.17) is 9.29 Å². The summed E-state index contributed by atoms with van der Waals surface area (Å²) in [7, 11) is -5.50. The van der Waals surface area contributed by atoms with Gasteiger partial charge in [-0.05, 0) is 56.3 Å².